The maximum absolute atomic E-state index is 12.0. The lowest BCUT2D eigenvalue weighted by molar-refractivity contribution is 0.0949. The number of thioether (sulfide) groups is 1. The predicted molar refractivity (Wildman–Crippen MR) is 75.5 cm³/mol. The van der Waals surface area contributed by atoms with Gasteiger partial charge in [-0.15, -0.1) is 0 Å². The summed E-state index contributed by atoms with van der Waals surface area (Å²) in [6.45, 7) is 4.71. The number of hydrogen-bond acceptors (Lipinski definition) is 3. The highest BCUT2D eigenvalue weighted by Gasteiger charge is 2.12. The van der Waals surface area contributed by atoms with Crippen molar-refractivity contribution in [2.24, 2.45) is 5.92 Å². The van der Waals surface area contributed by atoms with Crippen molar-refractivity contribution >= 4 is 23.4 Å². The van der Waals surface area contributed by atoms with Crippen LogP contribution in [0.15, 0.2) is 18.2 Å². The number of benzene rings is 1. The molecule has 4 heteroatoms. The summed E-state index contributed by atoms with van der Waals surface area (Å²) in [4.78, 5) is 12.0. The summed E-state index contributed by atoms with van der Waals surface area (Å²) in [6, 6.07) is 5.52. The number of nitrogens with one attached hydrogen (secondary N) is 1. The van der Waals surface area contributed by atoms with E-state index in [1.165, 1.54) is 0 Å². The van der Waals surface area contributed by atoms with Crippen LogP contribution < -0.4 is 11.1 Å². The van der Waals surface area contributed by atoms with Crippen LogP contribution in [0, 0.1) is 12.8 Å². The van der Waals surface area contributed by atoms with Crippen molar-refractivity contribution in [3.63, 3.8) is 0 Å². The summed E-state index contributed by atoms with van der Waals surface area (Å²) in [5.41, 5.74) is 7.88. The summed E-state index contributed by atoms with van der Waals surface area (Å²) in [5.74, 6) is 1.44. The summed E-state index contributed by atoms with van der Waals surface area (Å²) in [6.07, 6.45) is 2.07. The number of anilines is 1. The van der Waals surface area contributed by atoms with Gasteiger partial charge in [0.05, 0.1) is 5.56 Å². The van der Waals surface area contributed by atoms with Crippen LogP contribution in [-0.2, 0) is 0 Å². The summed E-state index contributed by atoms with van der Waals surface area (Å²) in [7, 11) is 0. The van der Waals surface area contributed by atoms with E-state index in [2.05, 4.69) is 18.5 Å². The van der Waals surface area contributed by atoms with Gasteiger partial charge in [0.2, 0.25) is 0 Å². The minimum atomic E-state index is -0.0754. The molecule has 94 valence electrons. The molecule has 3 nitrogen and oxygen atoms in total. The van der Waals surface area contributed by atoms with E-state index in [1.54, 1.807) is 17.8 Å². The maximum Gasteiger partial charge on any atom is 0.253 e. The third-order valence-electron chi connectivity index (χ3n) is 2.59. The number of rotatable bonds is 5. The van der Waals surface area contributed by atoms with Crippen LogP contribution in [0.2, 0.25) is 0 Å². The first kappa shape index (κ1) is 13.9. The average Bonchev–Trinajstić information content (AvgIpc) is 2.26. The van der Waals surface area contributed by atoms with Crippen molar-refractivity contribution in [2.45, 2.75) is 13.8 Å². The minimum Gasteiger partial charge on any atom is -0.398 e. The summed E-state index contributed by atoms with van der Waals surface area (Å²) in [5, 5.41) is 2.93. The lowest BCUT2D eigenvalue weighted by Crippen LogP contribution is -2.30. The Morgan fingerprint density at radius 2 is 2.24 bits per heavy atom. The molecule has 1 aromatic rings. The van der Waals surface area contributed by atoms with Gasteiger partial charge in [0, 0.05) is 12.2 Å². The Labute approximate surface area is 107 Å². The van der Waals surface area contributed by atoms with Crippen LogP contribution in [0.25, 0.3) is 0 Å². The van der Waals surface area contributed by atoms with Crippen LogP contribution in [0.3, 0.4) is 0 Å². The second-order valence-electron chi connectivity index (χ2n) is 4.31. The highest BCUT2D eigenvalue weighted by atomic mass is 32.2. The summed E-state index contributed by atoms with van der Waals surface area (Å²) < 4.78 is 0. The smallest absolute Gasteiger partial charge is 0.253 e. The molecule has 3 N–H and O–H groups in total. The molecular weight excluding hydrogens is 232 g/mol. The second-order valence-corrected chi connectivity index (χ2v) is 5.22. The monoisotopic (exact) mass is 252 g/mol. The van der Waals surface area contributed by atoms with Gasteiger partial charge in [-0.25, -0.2) is 0 Å². The topological polar surface area (TPSA) is 55.1 Å². The van der Waals surface area contributed by atoms with Gasteiger partial charge in [-0.2, -0.15) is 11.8 Å². The van der Waals surface area contributed by atoms with E-state index in [4.69, 9.17) is 5.73 Å². The molecule has 0 spiro atoms. The molecule has 1 amide bonds. The fourth-order valence-corrected chi connectivity index (χ4v) is 2.39. The molecule has 1 unspecified atom stereocenters. The SMILES string of the molecule is CSCC(C)CNC(=O)c1c(C)cccc1N. The van der Waals surface area contributed by atoms with E-state index in [0.717, 1.165) is 11.3 Å². The van der Waals surface area contributed by atoms with Crippen molar-refractivity contribution in [2.75, 3.05) is 24.3 Å². The number of amides is 1. The van der Waals surface area contributed by atoms with Gasteiger partial charge >= 0.3 is 0 Å². The first-order chi connectivity index (χ1) is 8.06. The zero-order chi connectivity index (χ0) is 12.8. The first-order valence-electron chi connectivity index (χ1n) is 5.68. The van der Waals surface area contributed by atoms with Gasteiger partial charge in [-0.1, -0.05) is 19.1 Å². The van der Waals surface area contributed by atoms with E-state index in [-0.39, 0.29) is 5.91 Å². The molecule has 1 aromatic carbocycles. The fourth-order valence-electron chi connectivity index (χ4n) is 1.70. The molecule has 17 heavy (non-hydrogen) atoms. The fraction of sp³-hybridized carbons (Fsp3) is 0.462. The molecule has 0 aliphatic heterocycles. The second kappa shape index (κ2) is 6.55. The molecule has 1 rings (SSSR count). The van der Waals surface area contributed by atoms with Crippen LogP contribution in [0.4, 0.5) is 5.69 Å². The molecule has 0 fully saturated rings. The van der Waals surface area contributed by atoms with Crippen molar-refractivity contribution in [1.82, 2.24) is 5.32 Å². The molecular formula is C13H20N2OS. The standard InChI is InChI=1S/C13H20N2OS/c1-9(8-17-3)7-15-13(16)12-10(2)5-4-6-11(12)14/h4-6,9H,7-8,14H2,1-3H3,(H,15,16). The van der Waals surface area contributed by atoms with Crippen LogP contribution in [0.5, 0.6) is 0 Å². The van der Waals surface area contributed by atoms with Crippen molar-refractivity contribution in [1.29, 1.82) is 0 Å². The van der Waals surface area contributed by atoms with E-state index >= 15 is 0 Å². The molecule has 0 radical (unpaired) electrons. The number of hydrogen-bond donors (Lipinski definition) is 2. The van der Waals surface area contributed by atoms with Crippen molar-refractivity contribution in [3.05, 3.63) is 29.3 Å². The highest BCUT2D eigenvalue weighted by Crippen LogP contribution is 2.16. The molecule has 0 aliphatic rings. The first-order valence-corrected chi connectivity index (χ1v) is 7.07. The van der Waals surface area contributed by atoms with Crippen LogP contribution in [-0.4, -0.2) is 24.5 Å². The number of nitrogens with two attached hydrogens (primary N) is 1. The van der Waals surface area contributed by atoms with Gasteiger partial charge < -0.3 is 11.1 Å². The van der Waals surface area contributed by atoms with Crippen molar-refractivity contribution < 1.29 is 4.79 Å². The lowest BCUT2D eigenvalue weighted by Gasteiger charge is -2.13. The zero-order valence-corrected chi connectivity index (χ0v) is 11.4. The Morgan fingerprint density at radius 3 is 2.82 bits per heavy atom. The average molecular weight is 252 g/mol. The zero-order valence-electron chi connectivity index (χ0n) is 10.6. The van der Waals surface area contributed by atoms with Crippen molar-refractivity contribution in [3.8, 4) is 0 Å². The summed E-state index contributed by atoms with van der Waals surface area (Å²) >= 11 is 1.79. The van der Waals surface area contributed by atoms with E-state index in [0.29, 0.717) is 23.7 Å². The van der Waals surface area contributed by atoms with Crippen LogP contribution >= 0.6 is 11.8 Å². The van der Waals surface area contributed by atoms with Crippen LogP contribution in [0.1, 0.15) is 22.8 Å². The molecule has 0 saturated heterocycles. The molecule has 0 saturated carbocycles. The number of nitrogen functional groups attached to an aromatic ring is 1. The Kier molecular flexibility index (Phi) is 5.35. The van der Waals surface area contributed by atoms with Gasteiger partial charge in [0.1, 0.15) is 0 Å². The van der Waals surface area contributed by atoms with Gasteiger partial charge in [0.15, 0.2) is 0 Å². The predicted octanol–water partition coefficient (Wildman–Crippen LogP) is 2.31. The third kappa shape index (κ3) is 3.97. The van der Waals surface area contributed by atoms with E-state index in [1.807, 2.05) is 19.1 Å². The highest BCUT2D eigenvalue weighted by molar-refractivity contribution is 7.98. The van der Waals surface area contributed by atoms with Gasteiger partial charge in [0.25, 0.3) is 5.91 Å². The molecule has 0 aliphatic carbocycles. The maximum atomic E-state index is 12.0. The number of aryl methyl sites for hydroxylation is 1. The Hall–Kier alpha value is -1.16. The lowest BCUT2D eigenvalue weighted by atomic mass is 10.1. The molecule has 0 aromatic heterocycles. The number of carbonyl (C=O) groups is 1. The molecule has 0 heterocycles. The van der Waals surface area contributed by atoms with Gasteiger partial charge in [-0.05, 0) is 36.5 Å². The van der Waals surface area contributed by atoms with Gasteiger partial charge in [-0.3, -0.25) is 4.79 Å². The Morgan fingerprint density at radius 1 is 1.53 bits per heavy atom. The van der Waals surface area contributed by atoms with E-state index in [9.17, 15) is 4.79 Å². The third-order valence-corrected chi connectivity index (χ3v) is 3.50. The quantitative estimate of drug-likeness (QED) is 0.791. The largest absolute Gasteiger partial charge is 0.398 e. The molecule has 1 atom stereocenters. The van der Waals surface area contributed by atoms with E-state index < -0.39 is 0 Å². The number of carbonyl (C=O) groups excluding carboxylic acids is 1. The molecule has 0 bridgehead atoms. The minimum absolute atomic E-state index is 0.0754. The Balaban J connectivity index is 2.64. The Bertz CT molecular complexity index is 373. The normalized spacial score (nSPS) is 12.2.